The van der Waals surface area contributed by atoms with Crippen LogP contribution in [-0.4, -0.2) is 44.8 Å². The minimum atomic E-state index is -3.60. The van der Waals surface area contributed by atoms with Crippen LogP contribution in [0.3, 0.4) is 0 Å². The Morgan fingerprint density at radius 1 is 1.13 bits per heavy atom. The van der Waals surface area contributed by atoms with Gasteiger partial charge in [-0.1, -0.05) is 6.07 Å². The number of aryl methyl sites for hydroxylation is 1. The first-order chi connectivity index (χ1) is 10.7. The monoisotopic (exact) mass is 333 g/mol. The first kappa shape index (κ1) is 17.1. The Bertz CT molecular complexity index is 818. The molecule has 0 aliphatic carbocycles. The molecule has 0 aliphatic heterocycles. The molecule has 2 aromatic rings. The van der Waals surface area contributed by atoms with Crippen molar-refractivity contribution in [1.29, 1.82) is 0 Å². The van der Waals surface area contributed by atoms with E-state index in [0.717, 1.165) is 4.31 Å². The maximum Gasteiger partial charge on any atom is 0.258 e. The summed E-state index contributed by atoms with van der Waals surface area (Å²) in [4.78, 5) is 18.1. The first-order valence-corrected chi connectivity index (χ1v) is 8.40. The van der Waals surface area contributed by atoms with Gasteiger partial charge < -0.3 is 4.90 Å². The van der Waals surface area contributed by atoms with Crippen LogP contribution in [0.25, 0.3) is 0 Å². The van der Waals surface area contributed by atoms with Gasteiger partial charge in [0.25, 0.3) is 5.91 Å². The summed E-state index contributed by atoms with van der Waals surface area (Å²) < 4.78 is 25.9. The lowest BCUT2D eigenvalue weighted by atomic mass is 10.1. The van der Waals surface area contributed by atoms with Crippen molar-refractivity contribution in [2.45, 2.75) is 11.8 Å². The predicted molar refractivity (Wildman–Crippen MR) is 89.0 cm³/mol. The van der Waals surface area contributed by atoms with E-state index in [0.29, 0.717) is 16.8 Å². The topological polar surface area (TPSA) is 70.6 Å². The summed E-state index contributed by atoms with van der Waals surface area (Å²) in [6.07, 6.45) is 3.19. The number of amides is 1. The standard InChI is InChI=1S/C16H19N3O3S/c1-12-7-8-13(10-15(12)23(21,22)18(2)3)16(20)19(4)14-6-5-9-17-11-14/h5-11H,1-4H3. The summed E-state index contributed by atoms with van der Waals surface area (Å²) in [5.74, 6) is -0.298. The Labute approximate surface area is 136 Å². The smallest absolute Gasteiger partial charge is 0.258 e. The molecule has 1 heterocycles. The Morgan fingerprint density at radius 2 is 1.83 bits per heavy atom. The van der Waals surface area contributed by atoms with Crippen LogP contribution in [0.2, 0.25) is 0 Å². The van der Waals surface area contributed by atoms with E-state index in [-0.39, 0.29) is 10.8 Å². The van der Waals surface area contributed by atoms with Crippen molar-refractivity contribution >= 4 is 21.6 Å². The average Bonchev–Trinajstić information content (AvgIpc) is 2.54. The molecule has 23 heavy (non-hydrogen) atoms. The van der Waals surface area contributed by atoms with Gasteiger partial charge >= 0.3 is 0 Å². The Hall–Kier alpha value is -2.25. The second-order valence-electron chi connectivity index (χ2n) is 5.34. The number of aromatic nitrogens is 1. The van der Waals surface area contributed by atoms with E-state index in [1.54, 1.807) is 50.6 Å². The van der Waals surface area contributed by atoms with Crippen LogP contribution in [0.5, 0.6) is 0 Å². The molecule has 0 saturated heterocycles. The number of anilines is 1. The quantitative estimate of drug-likeness (QED) is 0.857. The molecule has 0 atom stereocenters. The molecule has 0 saturated carbocycles. The lowest BCUT2D eigenvalue weighted by Crippen LogP contribution is -2.27. The number of rotatable bonds is 4. The lowest BCUT2D eigenvalue weighted by molar-refractivity contribution is 0.0992. The van der Waals surface area contributed by atoms with Crippen LogP contribution in [0.1, 0.15) is 15.9 Å². The third-order valence-corrected chi connectivity index (χ3v) is 5.49. The summed E-state index contributed by atoms with van der Waals surface area (Å²) >= 11 is 0. The molecule has 7 heteroatoms. The van der Waals surface area contributed by atoms with Gasteiger partial charge in [0.2, 0.25) is 10.0 Å². The molecule has 1 aromatic heterocycles. The molecule has 0 aliphatic rings. The van der Waals surface area contributed by atoms with E-state index < -0.39 is 10.0 Å². The molecule has 2 rings (SSSR count). The van der Waals surface area contributed by atoms with Gasteiger partial charge in [0, 0.05) is 32.9 Å². The molecule has 6 nitrogen and oxygen atoms in total. The number of sulfonamides is 1. The molecule has 0 N–H and O–H groups in total. The summed E-state index contributed by atoms with van der Waals surface area (Å²) in [5, 5.41) is 0. The van der Waals surface area contributed by atoms with Crippen LogP contribution in [0.4, 0.5) is 5.69 Å². The Kier molecular flexibility index (Phi) is 4.82. The summed E-state index contributed by atoms with van der Waals surface area (Å²) in [7, 11) is 0.947. The highest BCUT2D eigenvalue weighted by Crippen LogP contribution is 2.21. The van der Waals surface area contributed by atoms with Gasteiger partial charge in [-0.05, 0) is 36.8 Å². The largest absolute Gasteiger partial charge is 0.310 e. The molecule has 0 bridgehead atoms. The highest BCUT2D eigenvalue weighted by molar-refractivity contribution is 7.89. The van der Waals surface area contributed by atoms with Gasteiger partial charge in [-0.25, -0.2) is 12.7 Å². The van der Waals surface area contributed by atoms with Crippen LogP contribution >= 0.6 is 0 Å². The molecular weight excluding hydrogens is 314 g/mol. The third-order valence-electron chi connectivity index (χ3n) is 3.53. The summed E-state index contributed by atoms with van der Waals surface area (Å²) in [6, 6.07) is 8.17. The van der Waals surface area contributed by atoms with E-state index in [4.69, 9.17) is 0 Å². The van der Waals surface area contributed by atoms with E-state index in [1.807, 2.05) is 0 Å². The molecule has 0 spiro atoms. The van der Waals surface area contributed by atoms with Gasteiger partial charge in [-0.3, -0.25) is 9.78 Å². The number of pyridine rings is 1. The molecule has 1 amide bonds. The van der Waals surface area contributed by atoms with Crippen molar-refractivity contribution in [3.8, 4) is 0 Å². The molecule has 1 aromatic carbocycles. The Balaban J connectivity index is 2.44. The zero-order chi connectivity index (χ0) is 17.2. The van der Waals surface area contributed by atoms with Crippen molar-refractivity contribution in [3.63, 3.8) is 0 Å². The van der Waals surface area contributed by atoms with Crippen LogP contribution < -0.4 is 4.90 Å². The number of hydrogen-bond acceptors (Lipinski definition) is 4. The molecule has 0 fully saturated rings. The maximum absolute atomic E-state index is 12.6. The Morgan fingerprint density at radius 3 is 2.39 bits per heavy atom. The van der Waals surface area contributed by atoms with Crippen molar-refractivity contribution < 1.29 is 13.2 Å². The minimum absolute atomic E-state index is 0.132. The van der Waals surface area contributed by atoms with E-state index >= 15 is 0 Å². The predicted octanol–water partition coefficient (Wildman–Crippen LogP) is 1.92. The lowest BCUT2D eigenvalue weighted by Gasteiger charge is -2.19. The van der Waals surface area contributed by atoms with Gasteiger partial charge in [0.15, 0.2) is 0 Å². The van der Waals surface area contributed by atoms with E-state index in [1.165, 1.54) is 25.1 Å². The van der Waals surface area contributed by atoms with Crippen LogP contribution in [0, 0.1) is 6.92 Å². The number of carbonyl (C=O) groups excluding carboxylic acids is 1. The normalized spacial score (nSPS) is 11.5. The molecule has 122 valence electrons. The van der Waals surface area contributed by atoms with Gasteiger partial charge in [0.05, 0.1) is 16.8 Å². The molecule has 0 radical (unpaired) electrons. The maximum atomic E-state index is 12.6. The fourth-order valence-corrected chi connectivity index (χ4v) is 3.21. The fraction of sp³-hybridized carbons (Fsp3) is 0.250. The number of carbonyl (C=O) groups is 1. The SMILES string of the molecule is Cc1ccc(C(=O)N(C)c2cccnc2)cc1S(=O)(=O)N(C)C. The summed E-state index contributed by atoms with van der Waals surface area (Å²) in [5.41, 5.74) is 1.54. The number of nitrogens with zero attached hydrogens (tertiary/aromatic N) is 3. The average molecular weight is 333 g/mol. The van der Waals surface area contributed by atoms with Crippen LogP contribution in [0.15, 0.2) is 47.6 Å². The van der Waals surface area contributed by atoms with Gasteiger partial charge in [0.1, 0.15) is 0 Å². The van der Waals surface area contributed by atoms with E-state index in [9.17, 15) is 13.2 Å². The minimum Gasteiger partial charge on any atom is -0.310 e. The van der Waals surface area contributed by atoms with E-state index in [2.05, 4.69) is 4.98 Å². The van der Waals surface area contributed by atoms with Gasteiger partial charge in [-0.2, -0.15) is 0 Å². The molecule has 0 unspecified atom stereocenters. The van der Waals surface area contributed by atoms with Crippen LogP contribution in [-0.2, 0) is 10.0 Å². The zero-order valence-electron chi connectivity index (χ0n) is 13.5. The number of benzene rings is 1. The first-order valence-electron chi connectivity index (χ1n) is 6.96. The zero-order valence-corrected chi connectivity index (χ0v) is 14.3. The third kappa shape index (κ3) is 3.40. The van der Waals surface area contributed by atoms with Crippen molar-refractivity contribution in [3.05, 3.63) is 53.9 Å². The highest BCUT2D eigenvalue weighted by atomic mass is 32.2. The van der Waals surface area contributed by atoms with Crippen molar-refractivity contribution in [1.82, 2.24) is 9.29 Å². The second kappa shape index (κ2) is 6.47. The van der Waals surface area contributed by atoms with Crippen molar-refractivity contribution in [2.24, 2.45) is 0 Å². The van der Waals surface area contributed by atoms with Gasteiger partial charge in [-0.15, -0.1) is 0 Å². The second-order valence-corrected chi connectivity index (χ2v) is 7.46. The van der Waals surface area contributed by atoms with Crippen molar-refractivity contribution in [2.75, 3.05) is 26.0 Å². The number of hydrogen-bond donors (Lipinski definition) is 0. The molecular formula is C16H19N3O3S. The fourth-order valence-electron chi connectivity index (χ4n) is 2.07. The summed E-state index contributed by atoms with van der Waals surface area (Å²) in [6.45, 7) is 1.70. The highest BCUT2D eigenvalue weighted by Gasteiger charge is 2.22.